The highest BCUT2D eigenvalue weighted by atomic mass is 35.5. The zero-order valence-electron chi connectivity index (χ0n) is 18.7. The Balaban J connectivity index is 1.29. The highest BCUT2D eigenvalue weighted by molar-refractivity contribution is 7.19. The van der Waals surface area contributed by atoms with Crippen molar-refractivity contribution >= 4 is 51.6 Å². The van der Waals surface area contributed by atoms with Crippen LogP contribution in [0.15, 0.2) is 12.3 Å². The lowest BCUT2D eigenvalue weighted by Crippen LogP contribution is -2.40. The number of methoxy groups -OCH3 is 1. The van der Waals surface area contributed by atoms with E-state index in [1.807, 2.05) is 4.90 Å². The van der Waals surface area contributed by atoms with Crippen LogP contribution < -0.4 is 15.5 Å². The van der Waals surface area contributed by atoms with Crippen LogP contribution in [0.1, 0.15) is 48.6 Å². The van der Waals surface area contributed by atoms with Crippen LogP contribution in [0.5, 0.6) is 0 Å². The third-order valence-corrected chi connectivity index (χ3v) is 7.68. The molecule has 1 saturated carbocycles. The lowest BCUT2D eigenvalue weighted by atomic mass is 10.2. The standard InChI is InChI=1S/C22H25ClN8O2S/c1-33-12-7-16(20(32)28-22-24-9-17(23)34-22)31(10-12)21-25-14-4-2-3-13(14)19(27-21)26-18-8-15(29-30-18)11-5-6-11/h8-9,11-12,16H,2-7,10H2,1H3,(H,24,28,32)(H2,25,26,27,29,30)/t12-,16-/m1/s1. The van der Waals surface area contributed by atoms with E-state index in [1.54, 1.807) is 7.11 Å². The third-order valence-electron chi connectivity index (χ3n) is 6.65. The number of amides is 1. The van der Waals surface area contributed by atoms with Gasteiger partial charge in [0.2, 0.25) is 11.9 Å². The fourth-order valence-electron chi connectivity index (χ4n) is 4.72. The molecule has 3 N–H and O–H groups in total. The number of carbonyl (C=O) groups excluding carboxylic acids is 1. The lowest BCUT2D eigenvalue weighted by molar-refractivity contribution is -0.117. The van der Waals surface area contributed by atoms with E-state index in [2.05, 4.69) is 31.9 Å². The highest BCUT2D eigenvalue weighted by Crippen LogP contribution is 2.40. The van der Waals surface area contributed by atoms with E-state index in [1.165, 1.54) is 30.4 Å². The molecular weight excluding hydrogens is 476 g/mol. The number of carbonyl (C=O) groups is 1. The van der Waals surface area contributed by atoms with E-state index in [9.17, 15) is 4.79 Å². The Morgan fingerprint density at radius 2 is 2.21 bits per heavy atom. The average Bonchev–Trinajstić information content (AvgIpc) is 3.23. The number of hydrogen-bond acceptors (Lipinski definition) is 9. The zero-order valence-corrected chi connectivity index (χ0v) is 20.2. The minimum Gasteiger partial charge on any atom is -0.380 e. The minimum atomic E-state index is -0.480. The van der Waals surface area contributed by atoms with Gasteiger partial charge in [-0.05, 0) is 32.1 Å². The van der Waals surface area contributed by atoms with Gasteiger partial charge in [-0.15, -0.1) is 0 Å². The van der Waals surface area contributed by atoms with E-state index in [-0.39, 0.29) is 12.0 Å². The van der Waals surface area contributed by atoms with Gasteiger partial charge in [-0.2, -0.15) is 10.1 Å². The molecule has 2 aliphatic carbocycles. The smallest absolute Gasteiger partial charge is 0.249 e. The fraction of sp³-hybridized carbons (Fsp3) is 0.500. The number of aryl methyl sites for hydroxylation is 1. The van der Waals surface area contributed by atoms with Gasteiger partial charge in [0.15, 0.2) is 10.9 Å². The lowest BCUT2D eigenvalue weighted by Gasteiger charge is -2.24. The van der Waals surface area contributed by atoms with E-state index in [0.717, 1.165) is 47.8 Å². The Bertz CT molecular complexity index is 1230. The number of rotatable bonds is 7. The molecule has 3 aromatic heterocycles. The van der Waals surface area contributed by atoms with Gasteiger partial charge < -0.3 is 20.3 Å². The number of anilines is 4. The molecule has 12 heteroatoms. The maximum Gasteiger partial charge on any atom is 0.249 e. The molecule has 10 nitrogen and oxygen atoms in total. The monoisotopic (exact) mass is 500 g/mol. The molecule has 34 heavy (non-hydrogen) atoms. The summed E-state index contributed by atoms with van der Waals surface area (Å²) in [4.78, 5) is 29.0. The third kappa shape index (κ3) is 4.23. The van der Waals surface area contributed by atoms with Gasteiger partial charge in [0, 0.05) is 43.3 Å². The molecule has 0 radical (unpaired) electrons. The summed E-state index contributed by atoms with van der Waals surface area (Å²) in [6, 6.07) is 1.58. The Hall–Kier alpha value is -2.76. The second-order valence-electron chi connectivity index (χ2n) is 8.98. The number of ether oxygens (including phenoxy) is 1. The molecular formula is C22H25ClN8O2S. The molecule has 178 valence electrons. The van der Waals surface area contributed by atoms with Crippen molar-refractivity contribution in [3.63, 3.8) is 0 Å². The highest BCUT2D eigenvalue weighted by Gasteiger charge is 2.39. The topological polar surface area (TPSA) is 121 Å². The van der Waals surface area contributed by atoms with Crippen LogP contribution in [0.2, 0.25) is 4.34 Å². The number of hydrogen-bond donors (Lipinski definition) is 3. The molecule has 2 atom stereocenters. The van der Waals surface area contributed by atoms with Crippen molar-refractivity contribution in [1.82, 2.24) is 25.1 Å². The summed E-state index contributed by atoms with van der Waals surface area (Å²) < 4.78 is 6.13. The number of halogens is 1. The van der Waals surface area contributed by atoms with Crippen LogP contribution in [0, 0.1) is 0 Å². The first kappa shape index (κ1) is 21.8. The molecule has 1 amide bonds. The summed E-state index contributed by atoms with van der Waals surface area (Å²) >= 11 is 7.20. The van der Waals surface area contributed by atoms with Crippen molar-refractivity contribution in [2.45, 2.75) is 56.6 Å². The summed E-state index contributed by atoms with van der Waals surface area (Å²) in [6.45, 7) is 0.527. The maximum atomic E-state index is 13.2. The number of thiazole rings is 1. The first-order valence-electron chi connectivity index (χ1n) is 11.5. The number of aromatic nitrogens is 5. The van der Waals surface area contributed by atoms with Gasteiger partial charge in [0.1, 0.15) is 16.2 Å². The zero-order chi connectivity index (χ0) is 23.2. The van der Waals surface area contributed by atoms with Gasteiger partial charge in [0.25, 0.3) is 0 Å². The molecule has 6 rings (SSSR count). The Kier molecular flexibility index (Phi) is 5.62. The number of nitrogens with one attached hydrogen (secondary N) is 3. The Labute approximate surface area is 205 Å². The average molecular weight is 501 g/mol. The summed E-state index contributed by atoms with van der Waals surface area (Å²) in [5, 5.41) is 14.3. The van der Waals surface area contributed by atoms with E-state index < -0.39 is 6.04 Å². The van der Waals surface area contributed by atoms with Crippen LogP contribution >= 0.6 is 22.9 Å². The predicted octanol–water partition coefficient (Wildman–Crippen LogP) is 3.65. The van der Waals surface area contributed by atoms with Crippen molar-refractivity contribution in [3.05, 3.63) is 33.6 Å². The van der Waals surface area contributed by atoms with Crippen LogP contribution in [-0.4, -0.2) is 56.9 Å². The van der Waals surface area contributed by atoms with Gasteiger partial charge >= 0.3 is 0 Å². The number of fused-ring (bicyclic) bond motifs is 1. The van der Waals surface area contributed by atoms with Gasteiger partial charge in [-0.3, -0.25) is 9.89 Å². The number of aromatic amines is 1. The van der Waals surface area contributed by atoms with Crippen LogP contribution in [-0.2, 0) is 22.4 Å². The second-order valence-corrected chi connectivity index (χ2v) is 10.6. The van der Waals surface area contributed by atoms with Crippen molar-refractivity contribution in [1.29, 1.82) is 0 Å². The van der Waals surface area contributed by atoms with Gasteiger partial charge in [-0.1, -0.05) is 22.9 Å². The summed E-state index contributed by atoms with van der Waals surface area (Å²) in [5.41, 5.74) is 3.31. The summed E-state index contributed by atoms with van der Waals surface area (Å²) in [7, 11) is 1.66. The Morgan fingerprint density at radius 1 is 1.32 bits per heavy atom. The van der Waals surface area contributed by atoms with Gasteiger partial charge in [-0.25, -0.2) is 9.97 Å². The minimum absolute atomic E-state index is 0.101. The molecule has 0 unspecified atom stereocenters. The molecule has 1 saturated heterocycles. The summed E-state index contributed by atoms with van der Waals surface area (Å²) in [6.07, 6.45) is 7.23. The fourth-order valence-corrected chi connectivity index (χ4v) is 5.53. The summed E-state index contributed by atoms with van der Waals surface area (Å²) in [5.74, 6) is 2.46. The largest absolute Gasteiger partial charge is 0.380 e. The van der Waals surface area contributed by atoms with Crippen molar-refractivity contribution in [2.24, 2.45) is 0 Å². The molecule has 0 spiro atoms. The van der Waals surface area contributed by atoms with Crippen LogP contribution in [0.3, 0.4) is 0 Å². The van der Waals surface area contributed by atoms with Crippen LogP contribution in [0.4, 0.5) is 22.7 Å². The molecule has 3 aliphatic rings. The SMILES string of the molecule is CO[C@@H]1C[C@H](C(=O)Nc2ncc(Cl)s2)N(c2nc3c(c(Nc4cc(C5CC5)[nH]n4)n2)CCC3)C1. The molecule has 2 fully saturated rings. The molecule has 0 bridgehead atoms. The second kappa shape index (κ2) is 8.79. The first-order valence-corrected chi connectivity index (χ1v) is 12.7. The van der Waals surface area contributed by atoms with E-state index in [4.69, 9.17) is 26.3 Å². The number of nitrogens with zero attached hydrogens (tertiary/aromatic N) is 5. The van der Waals surface area contributed by atoms with Crippen molar-refractivity contribution in [2.75, 3.05) is 29.2 Å². The molecule has 3 aromatic rings. The normalized spacial score (nSPS) is 21.6. The van der Waals surface area contributed by atoms with Gasteiger partial charge in [0.05, 0.1) is 18.0 Å². The first-order chi connectivity index (χ1) is 16.6. The number of H-pyrrole nitrogens is 1. The van der Waals surface area contributed by atoms with Crippen LogP contribution in [0.25, 0.3) is 0 Å². The van der Waals surface area contributed by atoms with Crippen molar-refractivity contribution in [3.8, 4) is 0 Å². The maximum absolute atomic E-state index is 13.2. The Morgan fingerprint density at radius 3 is 2.97 bits per heavy atom. The van der Waals surface area contributed by atoms with Crippen molar-refractivity contribution < 1.29 is 9.53 Å². The molecule has 1 aliphatic heterocycles. The molecule has 4 heterocycles. The predicted molar refractivity (Wildman–Crippen MR) is 130 cm³/mol. The van der Waals surface area contributed by atoms with E-state index >= 15 is 0 Å². The van der Waals surface area contributed by atoms with E-state index in [0.29, 0.717) is 34.3 Å². The quantitative estimate of drug-likeness (QED) is 0.449. The molecule has 0 aromatic carbocycles.